The number of rotatable bonds is 9. The molecule has 0 N–H and O–H groups in total. The van der Waals surface area contributed by atoms with E-state index < -0.39 is 11.2 Å². The highest BCUT2D eigenvalue weighted by atomic mass is 32.1. The van der Waals surface area contributed by atoms with Crippen molar-refractivity contribution in [3.05, 3.63) is 58.0 Å². The number of fused-ring (bicyclic) bond motifs is 1. The minimum absolute atomic E-state index is 0.203. The van der Waals surface area contributed by atoms with Gasteiger partial charge in [-0.25, -0.2) is 9.78 Å². The van der Waals surface area contributed by atoms with Crippen molar-refractivity contribution in [1.29, 1.82) is 0 Å². The van der Waals surface area contributed by atoms with Crippen molar-refractivity contribution < 1.29 is 33.3 Å². The van der Waals surface area contributed by atoms with Crippen LogP contribution >= 0.6 is 11.3 Å². The summed E-state index contributed by atoms with van der Waals surface area (Å²) < 4.78 is 29.6. The maximum Gasteiger partial charge on any atom is 0.410 e. The number of aryl methyl sites for hydroxylation is 1. The fraction of sp³-hybridized carbons (Fsp3) is 0.553. The van der Waals surface area contributed by atoms with E-state index in [4.69, 9.17) is 28.7 Å². The number of benzene rings is 2. The number of methoxy groups -OCH3 is 1. The highest BCUT2D eigenvalue weighted by Crippen LogP contribution is 2.37. The van der Waals surface area contributed by atoms with Gasteiger partial charge in [0.05, 0.1) is 31.4 Å². The lowest BCUT2D eigenvalue weighted by Crippen LogP contribution is -2.49. The number of hydrogen-bond acceptors (Lipinski definition) is 10. The van der Waals surface area contributed by atoms with E-state index in [1.54, 1.807) is 23.3 Å². The van der Waals surface area contributed by atoms with E-state index in [1.165, 1.54) is 0 Å². The molecule has 2 aliphatic heterocycles. The summed E-state index contributed by atoms with van der Waals surface area (Å²) in [5.74, 6) is 0.966. The molecule has 1 amide bonds. The maximum atomic E-state index is 13.0. The van der Waals surface area contributed by atoms with Crippen LogP contribution in [0.3, 0.4) is 0 Å². The van der Waals surface area contributed by atoms with Gasteiger partial charge in [0.15, 0.2) is 5.13 Å². The van der Waals surface area contributed by atoms with Gasteiger partial charge in [-0.15, -0.1) is 11.3 Å². The molecule has 10 nitrogen and oxygen atoms in total. The van der Waals surface area contributed by atoms with Crippen molar-refractivity contribution in [2.45, 2.75) is 98.7 Å². The van der Waals surface area contributed by atoms with Crippen molar-refractivity contribution in [2.75, 3.05) is 38.3 Å². The Balaban J connectivity index is 1.29. The van der Waals surface area contributed by atoms with Crippen LogP contribution in [0, 0.1) is 12.8 Å². The third-order valence-electron chi connectivity index (χ3n) is 8.45. The lowest BCUT2D eigenvalue weighted by Gasteiger charge is -2.38. The third kappa shape index (κ3) is 9.25. The van der Waals surface area contributed by atoms with Gasteiger partial charge in [-0.2, -0.15) is 0 Å². The normalized spacial score (nSPS) is 18.1. The van der Waals surface area contributed by atoms with Crippen LogP contribution in [0.25, 0.3) is 11.3 Å². The quantitative estimate of drug-likeness (QED) is 0.210. The standard InChI is InChI=1S/C38H51N3O7S/c1-10-45-33-21-40(16-14-27(33)34(42)47-37(3,4)5)35-39-30(23-49-35)28-17-24(2)11-12-31(28)46-22-25-18-26-13-15-41(36(43)48-38(6,7)8)20-29(26)32(19-25)44-9/h11-12,17-19,23,27,33H,10,13-16,20-22H2,1-9H3/t27-,33+/m1/s1. The molecule has 0 saturated carbocycles. The number of carbonyl (C=O) groups excluding carboxylic acids is 2. The first kappa shape index (κ1) is 36.5. The molecule has 11 heteroatoms. The fourth-order valence-corrected chi connectivity index (χ4v) is 7.09. The molecule has 0 spiro atoms. The molecule has 1 aromatic heterocycles. The Morgan fingerprint density at radius 3 is 2.45 bits per heavy atom. The molecule has 0 aliphatic carbocycles. The Bertz CT molecular complexity index is 1620. The van der Waals surface area contributed by atoms with Gasteiger partial charge in [0.2, 0.25) is 0 Å². The zero-order valence-corrected chi connectivity index (χ0v) is 31.2. The van der Waals surface area contributed by atoms with E-state index in [0.29, 0.717) is 52.2 Å². The zero-order valence-electron chi connectivity index (χ0n) is 30.4. The largest absolute Gasteiger partial charge is 0.496 e. The highest BCUT2D eigenvalue weighted by Gasteiger charge is 2.38. The van der Waals surface area contributed by atoms with Crippen LogP contribution in [-0.2, 0) is 38.6 Å². The first-order valence-corrected chi connectivity index (χ1v) is 18.0. The Kier molecular flexibility index (Phi) is 11.1. The number of aromatic nitrogens is 1. The monoisotopic (exact) mass is 693 g/mol. The second-order valence-electron chi connectivity index (χ2n) is 14.8. The molecule has 2 atom stereocenters. The highest BCUT2D eigenvalue weighted by molar-refractivity contribution is 7.14. The van der Waals surface area contributed by atoms with E-state index in [2.05, 4.69) is 29.3 Å². The van der Waals surface area contributed by atoms with E-state index >= 15 is 0 Å². The predicted octanol–water partition coefficient (Wildman–Crippen LogP) is 7.57. The summed E-state index contributed by atoms with van der Waals surface area (Å²) in [7, 11) is 1.65. The molecule has 3 heterocycles. The van der Waals surface area contributed by atoms with Gasteiger partial charge in [-0.3, -0.25) is 4.79 Å². The molecule has 49 heavy (non-hydrogen) atoms. The summed E-state index contributed by atoms with van der Waals surface area (Å²) in [5.41, 5.74) is 4.91. The second kappa shape index (κ2) is 15.0. The number of hydrogen-bond donors (Lipinski definition) is 0. The number of thiazole rings is 1. The van der Waals surface area contributed by atoms with Crippen molar-refractivity contribution in [3.63, 3.8) is 0 Å². The van der Waals surface area contributed by atoms with Gasteiger partial charge >= 0.3 is 12.1 Å². The Labute approximate surface area is 294 Å². The van der Waals surface area contributed by atoms with Gasteiger partial charge in [0.25, 0.3) is 0 Å². The number of esters is 1. The molecule has 266 valence electrons. The molecule has 0 unspecified atom stereocenters. The number of amides is 1. The van der Waals surface area contributed by atoms with Crippen molar-refractivity contribution >= 4 is 28.5 Å². The average molecular weight is 694 g/mol. The van der Waals surface area contributed by atoms with Gasteiger partial charge in [-0.05, 0) is 97.6 Å². The number of ether oxygens (including phenoxy) is 5. The number of carbonyl (C=O) groups is 2. The molecular weight excluding hydrogens is 642 g/mol. The lowest BCUT2D eigenvalue weighted by atomic mass is 9.93. The van der Waals surface area contributed by atoms with E-state index in [9.17, 15) is 9.59 Å². The van der Waals surface area contributed by atoms with Crippen LogP contribution in [-0.4, -0.2) is 72.6 Å². The summed E-state index contributed by atoms with van der Waals surface area (Å²) in [6.07, 6.45) is 0.753. The summed E-state index contributed by atoms with van der Waals surface area (Å²) in [5, 5.41) is 2.94. The van der Waals surface area contributed by atoms with Crippen LogP contribution in [0.4, 0.5) is 9.93 Å². The maximum absolute atomic E-state index is 13.0. The van der Waals surface area contributed by atoms with Crippen LogP contribution in [0.5, 0.6) is 11.5 Å². The van der Waals surface area contributed by atoms with Gasteiger partial charge in [0.1, 0.15) is 29.3 Å². The van der Waals surface area contributed by atoms with E-state index in [0.717, 1.165) is 50.1 Å². The van der Waals surface area contributed by atoms with E-state index in [-0.39, 0.29) is 24.1 Å². The molecule has 2 aliphatic rings. The lowest BCUT2D eigenvalue weighted by molar-refractivity contribution is -0.166. The van der Waals surface area contributed by atoms with Crippen LogP contribution in [0.2, 0.25) is 0 Å². The van der Waals surface area contributed by atoms with Gasteiger partial charge < -0.3 is 33.5 Å². The van der Waals surface area contributed by atoms with E-state index in [1.807, 2.05) is 66.7 Å². The second-order valence-corrected chi connectivity index (χ2v) is 15.6. The minimum atomic E-state index is -0.551. The molecular formula is C38H51N3O7S. The molecule has 3 aromatic rings. The Hall–Kier alpha value is -3.83. The summed E-state index contributed by atoms with van der Waals surface area (Å²) in [6.45, 7) is 18.4. The Morgan fingerprint density at radius 2 is 1.76 bits per heavy atom. The summed E-state index contributed by atoms with van der Waals surface area (Å²) in [6, 6.07) is 10.3. The van der Waals surface area contributed by atoms with Crippen molar-refractivity contribution in [3.8, 4) is 22.8 Å². The SMILES string of the molecule is CCO[C@H]1CN(c2nc(-c3cc(C)ccc3OCc3cc4c(c(OC)c3)CN(C(=O)OC(C)(C)C)CC4)cs2)CC[C@H]1C(=O)OC(C)(C)C. The number of anilines is 1. The van der Waals surface area contributed by atoms with Crippen LogP contribution in [0.15, 0.2) is 35.7 Å². The van der Waals surface area contributed by atoms with Crippen molar-refractivity contribution in [2.24, 2.45) is 5.92 Å². The molecule has 5 rings (SSSR count). The minimum Gasteiger partial charge on any atom is -0.496 e. The smallest absolute Gasteiger partial charge is 0.410 e. The van der Waals surface area contributed by atoms with Crippen LogP contribution in [0.1, 0.15) is 77.1 Å². The molecule has 0 radical (unpaired) electrons. The first-order valence-electron chi connectivity index (χ1n) is 17.1. The van der Waals surface area contributed by atoms with Gasteiger partial charge in [0, 0.05) is 42.7 Å². The topological polar surface area (TPSA) is 99.7 Å². The first-order chi connectivity index (χ1) is 23.1. The molecule has 0 bridgehead atoms. The summed E-state index contributed by atoms with van der Waals surface area (Å²) >= 11 is 1.58. The summed E-state index contributed by atoms with van der Waals surface area (Å²) in [4.78, 5) is 34.7. The zero-order chi connectivity index (χ0) is 35.5. The molecule has 2 aromatic carbocycles. The predicted molar refractivity (Wildman–Crippen MR) is 192 cm³/mol. The third-order valence-corrected chi connectivity index (χ3v) is 9.35. The fourth-order valence-electron chi connectivity index (χ4n) is 6.23. The number of piperidine rings is 1. The van der Waals surface area contributed by atoms with Crippen molar-refractivity contribution in [1.82, 2.24) is 9.88 Å². The average Bonchev–Trinajstić information content (AvgIpc) is 3.52. The molecule has 1 fully saturated rings. The van der Waals surface area contributed by atoms with Crippen LogP contribution < -0.4 is 14.4 Å². The molecule has 1 saturated heterocycles. The van der Waals surface area contributed by atoms with Gasteiger partial charge in [-0.1, -0.05) is 17.7 Å². The number of nitrogens with zero attached hydrogens (tertiary/aromatic N) is 3. The Morgan fingerprint density at radius 1 is 1.00 bits per heavy atom.